The molecule has 94 valence electrons. The first-order chi connectivity index (χ1) is 8.33. The minimum absolute atomic E-state index is 0.706. The molecule has 3 rings (SSSR count). The van der Waals surface area contributed by atoms with Crippen molar-refractivity contribution in [2.75, 3.05) is 18.5 Å². The molecule has 0 aliphatic heterocycles. The van der Waals surface area contributed by atoms with Crippen LogP contribution < -0.4 is 11.3 Å². The molecule has 5 nitrogen and oxygen atoms in total. The molecule has 2 aliphatic rings. The molecule has 1 aromatic rings. The number of hydrogen-bond donors (Lipinski definition) is 2. The van der Waals surface area contributed by atoms with E-state index in [4.69, 9.17) is 5.84 Å². The van der Waals surface area contributed by atoms with Gasteiger partial charge in [0.2, 0.25) is 5.13 Å². The number of nitrogen functional groups attached to an aromatic ring is 1. The van der Waals surface area contributed by atoms with Crippen LogP contribution in [-0.2, 0) is 6.54 Å². The average Bonchev–Trinajstić information content (AvgIpc) is 3.22. The molecule has 0 aromatic carbocycles. The molecular weight excluding hydrogens is 234 g/mol. The summed E-state index contributed by atoms with van der Waals surface area (Å²) in [6.07, 6.45) is 5.64. The maximum atomic E-state index is 5.32. The van der Waals surface area contributed by atoms with Crippen LogP contribution in [0.1, 0.15) is 30.7 Å². The van der Waals surface area contributed by atoms with Crippen LogP contribution in [0.3, 0.4) is 0 Å². The van der Waals surface area contributed by atoms with E-state index in [9.17, 15) is 0 Å². The zero-order valence-electron chi connectivity index (χ0n) is 9.93. The summed E-state index contributed by atoms with van der Waals surface area (Å²) >= 11 is 1.56. The minimum atomic E-state index is 0.706. The van der Waals surface area contributed by atoms with Crippen LogP contribution in [0.4, 0.5) is 5.13 Å². The van der Waals surface area contributed by atoms with Crippen LogP contribution in [0.5, 0.6) is 0 Å². The molecule has 1 heterocycles. The third-order valence-corrected chi connectivity index (χ3v) is 4.22. The van der Waals surface area contributed by atoms with Gasteiger partial charge in [0.25, 0.3) is 0 Å². The molecule has 2 saturated carbocycles. The van der Waals surface area contributed by atoms with Crippen molar-refractivity contribution in [1.29, 1.82) is 0 Å². The van der Waals surface area contributed by atoms with Gasteiger partial charge in [0.05, 0.1) is 6.54 Å². The van der Waals surface area contributed by atoms with Crippen molar-refractivity contribution in [3.8, 4) is 0 Å². The highest BCUT2D eigenvalue weighted by atomic mass is 32.1. The molecule has 3 N–H and O–H groups in total. The van der Waals surface area contributed by atoms with Gasteiger partial charge in [0.1, 0.15) is 5.01 Å². The van der Waals surface area contributed by atoms with E-state index in [0.717, 1.165) is 23.4 Å². The zero-order chi connectivity index (χ0) is 11.7. The Labute approximate surface area is 105 Å². The Hall–Kier alpha value is -0.720. The van der Waals surface area contributed by atoms with E-state index in [-0.39, 0.29) is 0 Å². The molecule has 0 bridgehead atoms. The van der Waals surface area contributed by atoms with Crippen LogP contribution in [-0.4, -0.2) is 28.2 Å². The Kier molecular flexibility index (Phi) is 3.26. The van der Waals surface area contributed by atoms with Crippen LogP contribution in [0.2, 0.25) is 0 Å². The van der Waals surface area contributed by atoms with E-state index in [1.807, 2.05) is 0 Å². The number of nitrogens with zero attached hydrogens (tertiary/aromatic N) is 3. The minimum Gasteiger partial charge on any atom is -0.298 e. The molecule has 2 aliphatic carbocycles. The molecule has 0 radical (unpaired) electrons. The van der Waals surface area contributed by atoms with E-state index in [1.54, 1.807) is 11.3 Å². The third kappa shape index (κ3) is 3.37. The monoisotopic (exact) mass is 253 g/mol. The number of hydrazine groups is 1. The Balaban J connectivity index is 1.56. The molecule has 0 atom stereocenters. The van der Waals surface area contributed by atoms with Gasteiger partial charge in [-0.1, -0.05) is 11.3 Å². The van der Waals surface area contributed by atoms with Crippen molar-refractivity contribution < 1.29 is 0 Å². The lowest BCUT2D eigenvalue weighted by atomic mass is 10.3. The first kappa shape index (κ1) is 11.4. The molecule has 0 unspecified atom stereocenters. The van der Waals surface area contributed by atoms with E-state index in [1.165, 1.54) is 38.8 Å². The first-order valence-corrected chi connectivity index (χ1v) is 7.16. The number of nitrogens with one attached hydrogen (secondary N) is 1. The highest BCUT2D eigenvalue weighted by Crippen LogP contribution is 2.34. The highest BCUT2D eigenvalue weighted by molar-refractivity contribution is 7.15. The maximum absolute atomic E-state index is 5.32. The molecule has 0 amide bonds. The zero-order valence-corrected chi connectivity index (χ0v) is 10.7. The summed E-state index contributed by atoms with van der Waals surface area (Å²) < 4.78 is 0. The van der Waals surface area contributed by atoms with Gasteiger partial charge >= 0.3 is 0 Å². The van der Waals surface area contributed by atoms with Gasteiger partial charge < -0.3 is 0 Å². The average molecular weight is 253 g/mol. The van der Waals surface area contributed by atoms with Crippen LogP contribution in [0.25, 0.3) is 0 Å². The fourth-order valence-electron chi connectivity index (χ4n) is 2.10. The lowest BCUT2D eigenvalue weighted by molar-refractivity contribution is 0.243. The fourth-order valence-corrected chi connectivity index (χ4v) is 2.79. The molecule has 2 fully saturated rings. The van der Waals surface area contributed by atoms with Gasteiger partial charge in [0.15, 0.2) is 0 Å². The first-order valence-electron chi connectivity index (χ1n) is 6.35. The second-order valence-electron chi connectivity index (χ2n) is 5.23. The molecule has 0 spiro atoms. The second kappa shape index (κ2) is 4.88. The van der Waals surface area contributed by atoms with Crippen molar-refractivity contribution in [3.05, 3.63) is 5.01 Å². The summed E-state index contributed by atoms with van der Waals surface area (Å²) in [4.78, 5) is 2.55. The Morgan fingerprint density at radius 1 is 1.18 bits per heavy atom. The van der Waals surface area contributed by atoms with Crippen LogP contribution >= 0.6 is 11.3 Å². The van der Waals surface area contributed by atoms with Crippen molar-refractivity contribution in [1.82, 2.24) is 15.1 Å². The number of rotatable bonds is 7. The van der Waals surface area contributed by atoms with E-state index >= 15 is 0 Å². The second-order valence-corrected chi connectivity index (χ2v) is 6.29. The van der Waals surface area contributed by atoms with E-state index in [2.05, 4.69) is 20.5 Å². The molecule has 1 aromatic heterocycles. The van der Waals surface area contributed by atoms with E-state index < -0.39 is 0 Å². The summed E-state index contributed by atoms with van der Waals surface area (Å²) in [6.45, 7) is 3.41. The Morgan fingerprint density at radius 3 is 2.29 bits per heavy atom. The largest absolute Gasteiger partial charge is 0.298 e. The maximum Gasteiger partial charge on any atom is 0.219 e. The topological polar surface area (TPSA) is 67.1 Å². The normalized spacial score (nSPS) is 19.9. The molecule has 17 heavy (non-hydrogen) atoms. The van der Waals surface area contributed by atoms with Crippen molar-refractivity contribution in [2.45, 2.75) is 32.2 Å². The molecule has 0 saturated heterocycles. The summed E-state index contributed by atoms with van der Waals surface area (Å²) in [5, 5.41) is 9.92. The van der Waals surface area contributed by atoms with Gasteiger partial charge in [-0.25, -0.2) is 5.84 Å². The van der Waals surface area contributed by atoms with Gasteiger partial charge in [-0.2, -0.15) is 0 Å². The van der Waals surface area contributed by atoms with E-state index in [0.29, 0.717) is 5.13 Å². The number of aromatic nitrogens is 2. The van der Waals surface area contributed by atoms with Crippen molar-refractivity contribution >= 4 is 16.5 Å². The summed E-state index contributed by atoms with van der Waals surface area (Å²) in [7, 11) is 0. The summed E-state index contributed by atoms with van der Waals surface area (Å²) in [6, 6.07) is 0. The van der Waals surface area contributed by atoms with Crippen LogP contribution in [0, 0.1) is 11.8 Å². The molecular formula is C11H19N5S. The SMILES string of the molecule is NNc1nnc(CN(CC2CC2)CC2CC2)s1. The lowest BCUT2D eigenvalue weighted by Crippen LogP contribution is -2.27. The Bertz CT molecular complexity index is 358. The van der Waals surface area contributed by atoms with Gasteiger partial charge in [-0.3, -0.25) is 10.3 Å². The quantitative estimate of drug-likeness (QED) is 0.568. The highest BCUT2D eigenvalue weighted by Gasteiger charge is 2.29. The van der Waals surface area contributed by atoms with Crippen molar-refractivity contribution in [2.24, 2.45) is 17.7 Å². The summed E-state index contributed by atoms with van der Waals surface area (Å²) in [5.41, 5.74) is 2.55. The summed E-state index contributed by atoms with van der Waals surface area (Å²) in [5.74, 6) is 7.20. The number of nitrogens with two attached hydrogens (primary N) is 1. The predicted octanol–water partition coefficient (Wildman–Crippen LogP) is 1.45. The molecule has 6 heteroatoms. The van der Waals surface area contributed by atoms with Gasteiger partial charge in [0, 0.05) is 13.1 Å². The third-order valence-electron chi connectivity index (χ3n) is 3.38. The predicted molar refractivity (Wildman–Crippen MR) is 68.4 cm³/mol. The van der Waals surface area contributed by atoms with Crippen LogP contribution in [0.15, 0.2) is 0 Å². The Morgan fingerprint density at radius 2 is 1.82 bits per heavy atom. The smallest absolute Gasteiger partial charge is 0.219 e. The van der Waals surface area contributed by atoms with Crippen molar-refractivity contribution in [3.63, 3.8) is 0 Å². The van der Waals surface area contributed by atoms with Gasteiger partial charge in [-0.05, 0) is 37.5 Å². The van der Waals surface area contributed by atoms with Gasteiger partial charge in [-0.15, -0.1) is 10.2 Å². The fraction of sp³-hybridized carbons (Fsp3) is 0.818. The number of anilines is 1. The standard InChI is InChI=1S/C11H19N5S/c12-13-11-15-14-10(17-11)7-16(5-8-1-2-8)6-9-3-4-9/h8-9H,1-7,12H2,(H,13,15). The number of hydrogen-bond acceptors (Lipinski definition) is 6. The lowest BCUT2D eigenvalue weighted by Gasteiger charge is -2.20.